The van der Waals surface area contributed by atoms with Crippen molar-refractivity contribution in [3.8, 4) is 0 Å². The highest BCUT2D eigenvalue weighted by molar-refractivity contribution is 9.10. The van der Waals surface area contributed by atoms with E-state index in [0.29, 0.717) is 8.78 Å². The van der Waals surface area contributed by atoms with Crippen molar-refractivity contribution in [1.29, 1.82) is 0 Å². The van der Waals surface area contributed by atoms with Crippen LogP contribution in [0.15, 0.2) is 20.1 Å². The van der Waals surface area contributed by atoms with Crippen LogP contribution in [0.5, 0.6) is 0 Å². The van der Waals surface area contributed by atoms with Gasteiger partial charge in [-0.3, -0.25) is 9.59 Å². The summed E-state index contributed by atoms with van der Waals surface area (Å²) in [5.41, 5.74) is 0. The molecule has 0 N–H and O–H groups in total. The minimum atomic E-state index is -4.00. The summed E-state index contributed by atoms with van der Waals surface area (Å²) < 4.78 is 34.8. The van der Waals surface area contributed by atoms with Crippen molar-refractivity contribution in [3.05, 3.63) is 15.9 Å². The summed E-state index contributed by atoms with van der Waals surface area (Å²) in [7, 11) is -1.73. The summed E-state index contributed by atoms with van der Waals surface area (Å²) in [5.74, 6) is -1.55. The lowest BCUT2D eigenvalue weighted by atomic mass is 10.6. The molecule has 0 saturated heterocycles. The fourth-order valence-electron chi connectivity index (χ4n) is 1.22. The van der Waals surface area contributed by atoms with Crippen LogP contribution in [0.1, 0.15) is 0 Å². The summed E-state index contributed by atoms with van der Waals surface area (Å²) >= 11 is 4.08. The molecule has 0 aliphatic rings. The van der Waals surface area contributed by atoms with Gasteiger partial charge in [-0.1, -0.05) is 0 Å². The molecule has 0 radical (unpaired) electrons. The van der Waals surface area contributed by atoms with Crippen LogP contribution in [0, 0.1) is 0 Å². The van der Waals surface area contributed by atoms with Gasteiger partial charge in [0.25, 0.3) is 10.0 Å². The standard InChI is InChI=1S/C10H12BrNO6S2/c1-17-8(13)5-12(6-9(14)18-2)20(15,16)10-7(11)3-4-19-10/h3-4H,5-6H2,1-2H3. The highest BCUT2D eigenvalue weighted by Crippen LogP contribution is 2.30. The van der Waals surface area contributed by atoms with E-state index in [1.54, 1.807) is 11.4 Å². The minimum absolute atomic E-state index is 0.00491. The Labute approximate surface area is 128 Å². The Balaban J connectivity index is 3.12. The number of methoxy groups -OCH3 is 2. The van der Waals surface area contributed by atoms with Crippen LogP contribution in [-0.2, 0) is 29.1 Å². The van der Waals surface area contributed by atoms with E-state index in [9.17, 15) is 18.0 Å². The average Bonchev–Trinajstić information content (AvgIpc) is 2.84. The van der Waals surface area contributed by atoms with Gasteiger partial charge >= 0.3 is 11.9 Å². The molecule has 0 aliphatic heterocycles. The maximum atomic E-state index is 12.4. The second-order valence-corrected chi connectivity index (χ2v) is 7.39. The van der Waals surface area contributed by atoms with Crippen molar-refractivity contribution < 1.29 is 27.5 Å². The molecule has 112 valence electrons. The number of hydrogen-bond donors (Lipinski definition) is 0. The molecule has 0 saturated carbocycles. The predicted molar refractivity (Wildman–Crippen MR) is 74.8 cm³/mol. The van der Waals surface area contributed by atoms with Gasteiger partial charge in [-0.05, 0) is 27.4 Å². The molecule has 20 heavy (non-hydrogen) atoms. The van der Waals surface area contributed by atoms with Gasteiger partial charge in [-0.25, -0.2) is 8.42 Å². The molecule has 1 aromatic heterocycles. The lowest BCUT2D eigenvalue weighted by molar-refractivity contribution is -0.143. The highest BCUT2D eigenvalue weighted by Gasteiger charge is 2.31. The zero-order chi connectivity index (χ0) is 15.3. The molecule has 10 heteroatoms. The zero-order valence-corrected chi connectivity index (χ0v) is 13.9. The topological polar surface area (TPSA) is 90.0 Å². The maximum Gasteiger partial charge on any atom is 0.321 e. The first-order valence-electron chi connectivity index (χ1n) is 5.19. The number of hydrogen-bond acceptors (Lipinski definition) is 7. The third-order valence-electron chi connectivity index (χ3n) is 2.22. The Bertz CT molecular complexity index is 579. The molecule has 0 spiro atoms. The van der Waals surface area contributed by atoms with Crippen LogP contribution in [0.2, 0.25) is 0 Å². The normalized spacial score (nSPS) is 11.4. The monoisotopic (exact) mass is 385 g/mol. The van der Waals surface area contributed by atoms with Crippen LogP contribution in [-0.4, -0.2) is 52.0 Å². The first-order valence-corrected chi connectivity index (χ1v) is 8.31. The van der Waals surface area contributed by atoms with E-state index < -0.39 is 35.1 Å². The Morgan fingerprint density at radius 2 is 1.75 bits per heavy atom. The smallest absolute Gasteiger partial charge is 0.321 e. The fourth-order valence-corrected chi connectivity index (χ4v) is 5.00. The highest BCUT2D eigenvalue weighted by atomic mass is 79.9. The second-order valence-electron chi connectivity index (χ2n) is 3.48. The molecule has 1 heterocycles. The van der Waals surface area contributed by atoms with Crippen molar-refractivity contribution in [1.82, 2.24) is 4.31 Å². The van der Waals surface area contributed by atoms with E-state index in [1.165, 1.54) is 0 Å². The Hall–Kier alpha value is -0.970. The van der Waals surface area contributed by atoms with E-state index in [1.807, 2.05) is 0 Å². The largest absolute Gasteiger partial charge is 0.468 e. The van der Waals surface area contributed by atoms with Crippen molar-refractivity contribution in [3.63, 3.8) is 0 Å². The van der Waals surface area contributed by atoms with E-state index in [2.05, 4.69) is 25.4 Å². The van der Waals surface area contributed by atoms with Gasteiger partial charge in [0.2, 0.25) is 0 Å². The van der Waals surface area contributed by atoms with Crippen molar-refractivity contribution in [2.45, 2.75) is 4.21 Å². The Kier molecular flexibility index (Phi) is 6.11. The van der Waals surface area contributed by atoms with Crippen molar-refractivity contribution in [2.24, 2.45) is 0 Å². The van der Waals surface area contributed by atoms with Gasteiger partial charge in [0.05, 0.1) is 14.2 Å². The molecule has 0 bridgehead atoms. The van der Waals surface area contributed by atoms with Crippen LogP contribution < -0.4 is 0 Å². The third-order valence-corrected chi connectivity index (χ3v) is 6.66. The Morgan fingerprint density at radius 3 is 2.10 bits per heavy atom. The molecule has 0 fully saturated rings. The van der Waals surface area contributed by atoms with Gasteiger partial charge in [0.1, 0.15) is 17.3 Å². The molecule has 0 amide bonds. The molecule has 1 rings (SSSR count). The summed E-state index contributed by atoms with van der Waals surface area (Å²) in [6, 6.07) is 1.56. The second kappa shape index (κ2) is 7.16. The van der Waals surface area contributed by atoms with E-state index in [-0.39, 0.29) is 4.21 Å². The first-order chi connectivity index (χ1) is 9.32. The Morgan fingerprint density at radius 1 is 1.25 bits per heavy atom. The number of carbonyl (C=O) groups excluding carboxylic acids is 2. The molecule has 0 unspecified atom stereocenters. The lowest BCUT2D eigenvalue weighted by Crippen LogP contribution is -2.40. The number of nitrogens with zero attached hydrogens (tertiary/aromatic N) is 1. The maximum absolute atomic E-state index is 12.4. The SMILES string of the molecule is COC(=O)CN(CC(=O)OC)S(=O)(=O)c1sccc1Br. The molecule has 7 nitrogen and oxygen atoms in total. The van der Waals surface area contributed by atoms with Gasteiger partial charge in [0, 0.05) is 4.47 Å². The first kappa shape index (κ1) is 17.1. The van der Waals surface area contributed by atoms with Crippen LogP contribution in [0.3, 0.4) is 0 Å². The van der Waals surface area contributed by atoms with Gasteiger partial charge in [0.15, 0.2) is 0 Å². The van der Waals surface area contributed by atoms with E-state index >= 15 is 0 Å². The number of rotatable bonds is 6. The van der Waals surface area contributed by atoms with Gasteiger partial charge in [-0.15, -0.1) is 11.3 Å². The molecule has 1 aromatic rings. The molecule has 0 atom stereocenters. The van der Waals surface area contributed by atoms with E-state index in [0.717, 1.165) is 25.6 Å². The van der Waals surface area contributed by atoms with Crippen LogP contribution in [0.4, 0.5) is 0 Å². The van der Waals surface area contributed by atoms with Gasteiger partial charge < -0.3 is 9.47 Å². The number of ether oxygens (including phenoxy) is 2. The fraction of sp³-hybridized carbons (Fsp3) is 0.400. The van der Waals surface area contributed by atoms with Crippen molar-refractivity contribution in [2.75, 3.05) is 27.3 Å². The number of halogens is 1. The average molecular weight is 386 g/mol. The van der Waals surface area contributed by atoms with Gasteiger partial charge in [-0.2, -0.15) is 4.31 Å². The third kappa shape index (κ3) is 4.01. The number of esters is 2. The summed E-state index contributed by atoms with van der Waals surface area (Å²) in [4.78, 5) is 22.6. The molecular weight excluding hydrogens is 374 g/mol. The van der Waals surface area contributed by atoms with Crippen LogP contribution >= 0.6 is 27.3 Å². The number of carbonyl (C=O) groups is 2. The molecule has 0 aromatic carbocycles. The number of sulfonamides is 1. The molecule has 0 aliphatic carbocycles. The van der Waals surface area contributed by atoms with Crippen molar-refractivity contribution >= 4 is 49.2 Å². The van der Waals surface area contributed by atoms with Crippen LogP contribution in [0.25, 0.3) is 0 Å². The quantitative estimate of drug-likeness (QED) is 0.674. The van der Waals surface area contributed by atoms with E-state index in [4.69, 9.17) is 0 Å². The summed E-state index contributed by atoms with van der Waals surface area (Å²) in [6.45, 7) is -1.14. The molecular formula is C10H12BrNO6S2. The summed E-state index contributed by atoms with van der Waals surface area (Å²) in [6.07, 6.45) is 0. The lowest BCUT2D eigenvalue weighted by Gasteiger charge is -2.19. The predicted octanol–water partition coefficient (Wildman–Crippen LogP) is 0.847. The zero-order valence-electron chi connectivity index (χ0n) is 10.7. The number of thiophene rings is 1. The summed E-state index contributed by atoms with van der Waals surface area (Å²) in [5, 5.41) is 1.57. The minimum Gasteiger partial charge on any atom is -0.468 e.